The van der Waals surface area contributed by atoms with Crippen LogP contribution in [0.25, 0.3) is 0 Å². The molecule has 0 saturated heterocycles. The molecular formula is C16H18FN3O3. The Morgan fingerprint density at radius 3 is 2.57 bits per heavy atom. The van der Waals surface area contributed by atoms with Crippen LogP contribution in [0.15, 0.2) is 41.3 Å². The van der Waals surface area contributed by atoms with Gasteiger partial charge in [0.2, 0.25) is 0 Å². The highest BCUT2D eigenvalue weighted by Crippen LogP contribution is 2.10. The van der Waals surface area contributed by atoms with Crippen LogP contribution in [0.4, 0.5) is 10.1 Å². The number of nitrogens with zero attached hydrogens (tertiary/aromatic N) is 3. The van der Waals surface area contributed by atoms with Crippen molar-refractivity contribution in [2.45, 2.75) is 20.0 Å². The summed E-state index contributed by atoms with van der Waals surface area (Å²) in [6, 6.07) is 7.49. The first-order chi connectivity index (χ1) is 10.9. The zero-order chi connectivity index (χ0) is 17.0. The molecule has 2 rings (SSSR count). The van der Waals surface area contributed by atoms with Gasteiger partial charge in [0.1, 0.15) is 5.82 Å². The van der Waals surface area contributed by atoms with Gasteiger partial charge in [0, 0.05) is 31.3 Å². The second-order valence-electron chi connectivity index (χ2n) is 5.50. The quantitative estimate of drug-likeness (QED) is 0.605. The maximum Gasteiger partial charge on any atom is 0.286 e. The molecule has 0 aliphatic carbocycles. The fourth-order valence-corrected chi connectivity index (χ4v) is 2.29. The molecule has 7 heteroatoms. The van der Waals surface area contributed by atoms with E-state index in [1.807, 2.05) is 11.9 Å². The SMILES string of the molecule is Cc1cc([N+](=O)[O-])cn(CCN(C)Cc2ccc(F)cc2)c1=O. The van der Waals surface area contributed by atoms with Gasteiger partial charge >= 0.3 is 0 Å². The monoisotopic (exact) mass is 319 g/mol. The summed E-state index contributed by atoms with van der Waals surface area (Å²) in [5.74, 6) is -0.282. The molecule has 122 valence electrons. The number of pyridine rings is 1. The topological polar surface area (TPSA) is 68.4 Å². The predicted molar refractivity (Wildman–Crippen MR) is 84.8 cm³/mol. The molecule has 0 amide bonds. The Labute approximate surface area is 132 Å². The zero-order valence-electron chi connectivity index (χ0n) is 13.0. The lowest BCUT2D eigenvalue weighted by atomic mass is 10.2. The Hall–Kier alpha value is -2.54. The fraction of sp³-hybridized carbons (Fsp3) is 0.312. The third-order valence-electron chi connectivity index (χ3n) is 3.55. The standard InChI is InChI=1S/C16H18FN3O3/c1-12-9-15(20(22)23)11-19(16(12)21)8-7-18(2)10-13-3-5-14(17)6-4-13/h3-6,9,11H,7-8,10H2,1-2H3. The Morgan fingerprint density at radius 2 is 1.96 bits per heavy atom. The van der Waals surface area contributed by atoms with E-state index in [0.717, 1.165) is 5.56 Å². The molecule has 0 bridgehead atoms. The molecule has 0 aliphatic heterocycles. The van der Waals surface area contributed by atoms with E-state index in [2.05, 4.69) is 0 Å². The number of hydrogen-bond donors (Lipinski definition) is 0. The molecule has 0 atom stereocenters. The maximum absolute atomic E-state index is 12.9. The first-order valence-electron chi connectivity index (χ1n) is 7.15. The van der Waals surface area contributed by atoms with Crippen LogP contribution in [-0.4, -0.2) is 28.0 Å². The molecule has 0 aliphatic rings. The second-order valence-corrected chi connectivity index (χ2v) is 5.50. The molecule has 0 saturated carbocycles. The highest BCUT2D eigenvalue weighted by molar-refractivity contribution is 5.30. The van der Waals surface area contributed by atoms with Crippen molar-refractivity contribution in [3.05, 3.63) is 73.9 Å². The zero-order valence-corrected chi connectivity index (χ0v) is 13.0. The average molecular weight is 319 g/mol. The van der Waals surface area contributed by atoms with Gasteiger partial charge in [0.15, 0.2) is 0 Å². The van der Waals surface area contributed by atoms with Crippen LogP contribution in [-0.2, 0) is 13.1 Å². The summed E-state index contributed by atoms with van der Waals surface area (Å²) in [7, 11) is 1.87. The smallest absolute Gasteiger partial charge is 0.286 e. The molecule has 1 heterocycles. The number of likely N-dealkylation sites (N-methyl/N-ethyl adjacent to an activating group) is 1. The maximum atomic E-state index is 12.9. The minimum Gasteiger partial charge on any atom is -0.307 e. The molecule has 0 radical (unpaired) electrons. The number of nitro groups is 1. The van der Waals surface area contributed by atoms with Crippen LogP contribution >= 0.6 is 0 Å². The van der Waals surface area contributed by atoms with Gasteiger partial charge in [-0.1, -0.05) is 12.1 Å². The van der Waals surface area contributed by atoms with Gasteiger partial charge in [0.05, 0.1) is 11.1 Å². The summed E-state index contributed by atoms with van der Waals surface area (Å²) in [5.41, 5.74) is 0.978. The lowest BCUT2D eigenvalue weighted by Crippen LogP contribution is -2.29. The molecule has 0 N–H and O–H groups in total. The van der Waals surface area contributed by atoms with Gasteiger partial charge < -0.3 is 9.47 Å². The Balaban J connectivity index is 2.04. The summed E-state index contributed by atoms with van der Waals surface area (Å²) in [5, 5.41) is 10.9. The average Bonchev–Trinajstić information content (AvgIpc) is 2.50. The minimum absolute atomic E-state index is 0.0942. The lowest BCUT2D eigenvalue weighted by Gasteiger charge is -2.17. The van der Waals surface area contributed by atoms with Crippen LogP contribution in [0.2, 0.25) is 0 Å². The van der Waals surface area contributed by atoms with Crippen molar-refractivity contribution >= 4 is 5.69 Å². The highest BCUT2D eigenvalue weighted by atomic mass is 19.1. The van der Waals surface area contributed by atoms with Crippen LogP contribution in [0, 0.1) is 22.9 Å². The van der Waals surface area contributed by atoms with Crippen molar-refractivity contribution < 1.29 is 9.31 Å². The molecule has 0 unspecified atom stereocenters. The van der Waals surface area contributed by atoms with Crippen LogP contribution in [0.1, 0.15) is 11.1 Å². The number of benzene rings is 1. The Morgan fingerprint density at radius 1 is 1.30 bits per heavy atom. The van der Waals surface area contributed by atoms with Gasteiger partial charge in [-0.05, 0) is 31.7 Å². The third-order valence-corrected chi connectivity index (χ3v) is 3.55. The van der Waals surface area contributed by atoms with E-state index in [1.54, 1.807) is 19.1 Å². The number of aryl methyl sites for hydroxylation is 1. The predicted octanol–water partition coefficient (Wildman–Crippen LogP) is 2.34. The molecule has 23 heavy (non-hydrogen) atoms. The van der Waals surface area contributed by atoms with Crippen molar-refractivity contribution in [2.24, 2.45) is 0 Å². The van der Waals surface area contributed by atoms with Crippen molar-refractivity contribution in [3.8, 4) is 0 Å². The molecule has 6 nitrogen and oxygen atoms in total. The van der Waals surface area contributed by atoms with Crippen LogP contribution in [0.5, 0.6) is 0 Å². The van der Waals surface area contributed by atoms with Gasteiger partial charge in [-0.2, -0.15) is 0 Å². The van der Waals surface area contributed by atoms with E-state index in [9.17, 15) is 19.3 Å². The molecular weight excluding hydrogens is 301 g/mol. The molecule has 1 aromatic carbocycles. The van der Waals surface area contributed by atoms with E-state index >= 15 is 0 Å². The minimum atomic E-state index is -0.509. The second kappa shape index (κ2) is 7.15. The number of halogens is 1. The number of rotatable bonds is 6. The van der Waals surface area contributed by atoms with Crippen molar-refractivity contribution in [2.75, 3.05) is 13.6 Å². The summed E-state index contributed by atoms with van der Waals surface area (Å²) < 4.78 is 14.2. The molecule has 0 spiro atoms. The first-order valence-corrected chi connectivity index (χ1v) is 7.15. The summed E-state index contributed by atoms with van der Waals surface area (Å²) >= 11 is 0. The summed E-state index contributed by atoms with van der Waals surface area (Å²) in [6.45, 7) is 3.05. The van der Waals surface area contributed by atoms with E-state index in [4.69, 9.17) is 0 Å². The van der Waals surface area contributed by atoms with E-state index < -0.39 is 4.92 Å². The fourth-order valence-electron chi connectivity index (χ4n) is 2.29. The van der Waals surface area contributed by atoms with E-state index in [0.29, 0.717) is 25.2 Å². The van der Waals surface area contributed by atoms with Gasteiger partial charge in [-0.15, -0.1) is 0 Å². The van der Waals surface area contributed by atoms with E-state index in [1.165, 1.54) is 29.0 Å². The van der Waals surface area contributed by atoms with Gasteiger partial charge in [0.25, 0.3) is 11.2 Å². The highest BCUT2D eigenvalue weighted by Gasteiger charge is 2.11. The number of aromatic nitrogens is 1. The largest absolute Gasteiger partial charge is 0.307 e. The van der Waals surface area contributed by atoms with Crippen LogP contribution in [0.3, 0.4) is 0 Å². The molecule has 0 fully saturated rings. The Kier molecular flexibility index (Phi) is 5.23. The third kappa shape index (κ3) is 4.46. The Bertz CT molecular complexity index is 756. The van der Waals surface area contributed by atoms with Crippen LogP contribution < -0.4 is 5.56 Å². The van der Waals surface area contributed by atoms with Gasteiger partial charge in [-0.3, -0.25) is 14.9 Å². The van der Waals surface area contributed by atoms with Crippen molar-refractivity contribution in [1.82, 2.24) is 9.47 Å². The molecule has 2 aromatic rings. The summed E-state index contributed by atoms with van der Waals surface area (Å²) in [4.78, 5) is 24.4. The van der Waals surface area contributed by atoms with Crippen molar-refractivity contribution in [1.29, 1.82) is 0 Å². The lowest BCUT2D eigenvalue weighted by molar-refractivity contribution is -0.385. The number of hydrogen-bond acceptors (Lipinski definition) is 4. The summed E-state index contributed by atoms with van der Waals surface area (Å²) in [6.07, 6.45) is 1.26. The molecule has 1 aromatic heterocycles. The van der Waals surface area contributed by atoms with Gasteiger partial charge in [-0.25, -0.2) is 4.39 Å². The first kappa shape index (κ1) is 16.8. The van der Waals surface area contributed by atoms with Crippen molar-refractivity contribution in [3.63, 3.8) is 0 Å². The van der Waals surface area contributed by atoms with E-state index in [-0.39, 0.29) is 17.1 Å². The normalized spacial score (nSPS) is 11.0.